The molecule has 0 spiro atoms. The zero-order valence-corrected chi connectivity index (χ0v) is 12.6. The van der Waals surface area contributed by atoms with Gasteiger partial charge in [0.05, 0.1) is 11.4 Å². The van der Waals surface area contributed by atoms with Crippen LogP contribution in [0.15, 0.2) is 24.3 Å². The topological polar surface area (TPSA) is 75.4 Å². The average Bonchev–Trinajstić information content (AvgIpc) is 2.84. The lowest BCUT2D eigenvalue weighted by Crippen LogP contribution is -2.29. The molecule has 0 bridgehead atoms. The molecule has 0 unspecified atom stereocenters. The van der Waals surface area contributed by atoms with Gasteiger partial charge in [0, 0.05) is 26.4 Å². The summed E-state index contributed by atoms with van der Waals surface area (Å²) in [5.41, 5.74) is 7.37. The smallest absolute Gasteiger partial charge is 0.224 e. The minimum atomic E-state index is -0.0745. The maximum atomic E-state index is 12.2. The van der Waals surface area contributed by atoms with Gasteiger partial charge in [0.1, 0.15) is 0 Å². The molecule has 0 aliphatic heterocycles. The first-order valence-electron chi connectivity index (χ1n) is 7.37. The molecule has 2 rings (SSSR count). The highest BCUT2D eigenvalue weighted by Gasteiger charge is 2.26. The molecule has 3 N–H and O–H groups in total. The van der Waals surface area contributed by atoms with Crippen LogP contribution in [0.2, 0.25) is 0 Å². The Kier molecular flexibility index (Phi) is 4.96. The van der Waals surface area contributed by atoms with Crippen LogP contribution in [0.1, 0.15) is 32.6 Å². The number of amides is 2. The summed E-state index contributed by atoms with van der Waals surface area (Å²) in [6.07, 6.45) is 3.56. The van der Waals surface area contributed by atoms with Gasteiger partial charge in [0.15, 0.2) is 0 Å². The molecule has 21 heavy (non-hydrogen) atoms. The molecule has 2 atom stereocenters. The number of hydrogen-bond donors (Lipinski definition) is 2. The Morgan fingerprint density at radius 2 is 2.05 bits per heavy atom. The van der Waals surface area contributed by atoms with Crippen molar-refractivity contribution in [3.8, 4) is 0 Å². The Morgan fingerprint density at radius 1 is 1.33 bits per heavy atom. The minimum absolute atomic E-state index is 0.0400. The highest BCUT2D eigenvalue weighted by atomic mass is 16.2. The summed E-state index contributed by atoms with van der Waals surface area (Å²) < 4.78 is 0. The quantitative estimate of drug-likeness (QED) is 0.891. The van der Waals surface area contributed by atoms with E-state index in [1.165, 1.54) is 11.8 Å². The fraction of sp³-hybridized carbons (Fsp3) is 0.500. The maximum absolute atomic E-state index is 12.2. The van der Waals surface area contributed by atoms with E-state index >= 15 is 0 Å². The van der Waals surface area contributed by atoms with Gasteiger partial charge < -0.3 is 16.0 Å². The van der Waals surface area contributed by atoms with Crippen molar-refractivity contribution in [2.24, 2.45) is 11.7 Å². The van der Waals surface area contributed by atoms with Gasteiger partial charge in [0.2, 0.25) is 11.8 Å². The molecule has 0 heterocycles. The molecule has 0 saturated heterocycles. The normalized spacial score (nSPS) is 21.1. The van der Waals surface area contributed by atoms with Crippen LogP contribution in [-0.4, -0.2) is 24.9 Å². The fourth-order valence-corrected chi connectivity index (χ4v) is 2.80. The maximum Gasteiger partial charge on any atom is 0.224 e. The lowest BCUT2D eigenvalue weighted by molar-refractivity contribution is -0.117. The number of nitrogens with zero attached hydrogens (tertiary/aromatic N) is 1. The predicted octanol–water partition coefficient (Wildman–Crippen LogP) is 2.13. The van der Waals surface area contributed by atoms with Crippen LogP contribution in [0.4, 0.5) is 11.4 Å². The zero-order valence-electron chi connectivity index (χ0n) is 12.6. The summed E-state index contributed by atoms with van der Waals surface area (Å²) >= 11 is 0. The van der Waals surface area contributed by atoms with Crippen molar-refractivity contribution < 1.29 is 9.59 Å². The van der Waals surface area contributed by atoms with Crippen molar-refractivity contribution in [2.45, 2.75) is 38.6 Å². The molecule has 0 radical (unpaired) electrons. The zero-order chi connectivity index (χ0) is 15.4. The number of anilines is 2. The van der Waals surface area contributed by atoms with Gasteiger partial charge in [-0.3, -0.25) is 9.59 Å². The van der Waals surface area contributed by atoms with Crippen LogP contribution in [0.25, 0.3) is 0 Å². The Hall–Kier alpha value is -1.88. The first-order valence-corrected chi connectivity index (χ1v) is 7.37. The summed E-state index contributed by atoms with van der Waals surface area (Å²) in [6.45, 7) is 1.50. The van der Waals surface area contributed by atoms with Crippen molar-refractivity contribution in [1.29, 1.82) is 0 Å². The van der Waals surface area contributed by atoms with Crippen LogP contribution in [0, 0.1) is 5.92 Å². The average molecular weight is 289 g/mol. The van der Waals surface area contributed by atoms with Crippen LogP contribution in [0.3, 0.4) is 0 Å². The van der Waals surface area contributed by atoms with Crippen LogP contribution in [-0.2, 0) is 9.59 Å². The Morgan fingerprint density at radius 3 is 2.67 bits per heavy atom. The Bertz CT molecular complexity index is 530. The number of benzene rings is 1. The number of rotatable bonds is 4. The highest BCUT2D eigenvalue weighted by molar-refractivity contribution is 5.99. The molecule has 1 fully saturated rings. The molecule has 2 amide bonds. The van der Waals surface area contributed by atoms with Gasteiger partial charge in [-0.15, -0.1) is 0 Å². The van der Waals surface area contributed by atoms with Gasteiger partial charge in [-0.05, 0) is 30.9 Å². The molecule has 1 aromatic rings. The largest absolute Gasteiger partial charge is 0.327 e. The summed E-state index contributed by atoms with van der Waals surface area (Å²) in [7, 11) is 1.69. The van der Waals surface area contributed by atoms with Crippen LogP contribution < -0.4 is 16.0 Å². The first kappa shape index (κ1) is 15.5. The van der Waals surface area contributed by atoms with Gasteiger partial charge in [0.25, 0.3) is 0 Å². The van der Waals surface area contributed by atoms with Gasteiger partial charge >= 0.3 is 0 Å². The van der Waals surface area contributed by atoms with E-state index < -0.39 is 0 Å². The highest BCUT2D eigenvalue weighted by Crippen LogP contribution is 2.29. The van der Waals surface area contributed by atoms with Gasteiger partial charge in [-0.1, -0.05) is 18.6 Å². The molecule has 1 aliphatic rings. The molecule has 1 aliphatic carbocycles. The van der Waals surface area contributed by atoms with E-state index in [0.29, 0.717) is 17.8 Å². The SMILES string of the molecule is CC(=O)N(C)c1ccccc1NC(=O)C[C@@H]1CCC[C@H]1N. The predicted molar refractivity (Wildman–Crippen MR) is 84.1 cm³/mol. The number of hydrogen-bond acceptors (Lipinski definition) is 3. The van der Waals surface area contributed by atoms with Crippen LogP contribution >= 0.6 is 0 Å². The number of carbonyl (C=O) groups is 2. The fourth-order valence-electron chi connectivity index (χ4n) is 2.80. The summed E-state index contributed by atoms with van der Waals surface area (Å²) in [5, 5.41) is 2.91. The monoisotopic (exact) mass is 289 g/mol. The minimum Gasteiger partial charge on any atom is -0.327 e. The van der Waals surface area contributed by atoms with Crippen molar-refractivity contribution >= 4 is 23.2 Å². The van der Waals surface area contributed by atoms with E-state index in [4.69, 9.17) is 5.73 Å². The molecular formula is C16H23N3O2. The Labute approximate surface area is 125 Å². The molecule has 5 nitrogen and oxygen atoms in total. The van der Waals surface area contributed by atoms with E-state index in [1.54, 1.807) is 13.1 Å². The lowest BCUT2D eigenvalue weighted by Gasteiger charge is -2.20. The molecule has 114 valence electrons. The second kappa shape index (κ2) is 6.72. The number of carbonyl (C=O) groups excluding carboxylic acids is 2. The standard InChI is InChI=1S/C16H23N3O2/c1-11(20)19(2)15-9-4-3-8-14(15)18-16(21)10-12-6-5-7-13(12)17/h3-4,8-9,12-13H,5-7,10,17H2,1-2H3,(H,18,21)/t12-,13+/m0/s1. The molecule has 1 saturated carbocycles. The van der Waals surface area contributed by atoms with Crippen molar-refractivity contribution in [3.63, 3.8) is 0 Å². The third-order valence-corrected chi connectivity index (χ3v) is 4.18. The van der Waals surface area contributed by atoms with Gasteiger partial charge in [-0.25, -0.2) is 0 Å². The third-order valence-electron chi connectivity index (χ3n) is 4.18. The van der Waals surface area contributed by atoms with E-state index in [1.807, 2.05) is 18.2 Å². The number of nitrogens with one attached hydrogen (secondary N) is 1. The molecule has 1 aromatic carbocycles. The van der Waals surface area contributed by atoms with Crippen molar-refractivity contribution in [1.82, 2.24) is 0 Å². The number of nitrogens with two attached hydrogens (primary N) is 1. The molecule has 0 aromatic heterocycles. The molecular weight excluding hydrogens is 266 g/mol. The number of para-hydroxylation sites is 2. The Balaban J connectivity index is 2.05. The van der Waals surface area contributed by atoms with Gasteiger partial charge in [-0.2, -0.15) is 0 Å². The van der Waals surface area contributed by atoms with E-state index in [0.717, 1.165) is 19.3 Å². The third kappa shape index (κ3) is 3.82. The summed E-state index contributed by atoms with van der Waals surface area (Å²) in [5.74, 6) is 0.152. The second-order valence-corrected chi connectivity index (χ2v) is 5.70. The summed E-state index contributed by atoms with van der Waals surface area (Å²) in [6, 6.07) is 7.44. The van der Waals surface area contributed by atoms with Crippen molar-refractivity contribution in [2.75, 3.05) is 17.3 Å². The van der Waals surface area contributed by atoms with Crippen LogP contribution in [0.5, 0.6) is 0 Å². The van der Waals surface area contributed by atoms with Crippen molar-refractivity contribution in [3.05, 3.63) is 24.3 Å². The van der Waals surface area contributed by atoms with E-state index in [-0.39, 0.29) is 23.8 Å². The lowest BCUT2D eigenvalue weighted by atomic mass is 10.00. The summed E-state index contributed by atoms with van der Waals surface area (Å²) in [4.78, 5) is 25.2. The first-order chi connectivity index (χ1) is 9.99. The van der Waals surface area contributed by atoms with E-state index in [9.17, 15) is 9.59 Å². The second-order valence-electron chi connectivity index (χ2n) is 5.70. The van der Waals surface area contributed by atoms with E-state index in [2.05, 4.69) is 5.32 Å². The molecule has 5 heteroatoms.